The van der Waals surface area contributed by atoms with Gasteiger partial charge in [-0.2, -0.15) is 0 Å². The summed E-state index contributed by atoms with van der Waals surface area (Å²) in [6, 6.07) is 5.04. The standard InChI is InChI=1S/C13H18O4/c1-4-16-8-10(3)17-12-7-9(2)5-6-11(12)13(14)15/h5-7,10H,4,8H2,1-3H3,(H,14,15). The number of ether oxygens (including phenoxy) is 2. The van der Waals surface area contributed by atoms with Gasteiger partial charge in [-0.1, -0.05) is 6.07 Å². The third kappa shape index (κ3) is 4.07. The van der Waals surface area contributed by atoms with Crippen LogP contribution in [-0.2, 0) is 4.74 Å². The number of rotatable bonds is 6. The Kier molecular flexibility index (Phi) is 4.97. The average Bonchev–Trinajstić information content (AvgIpc) is 2.26. The van der Waals surface area contributed by atoms with Crippen LogP contribution in [-0.4, -0.2) is 30.4 Å². The van der Waals surface area contributed by atoms with Gasteiger partial charge in [-0.3, -0.25) is 0 Å². The number of carboxylic acid groups (broad SMARTS) is 1. The van der Waals surface area contributed by atoms with E-state index in [0.717, 1.165) is 5.56 Å². The van der Waals surface area contributed by atoms with Crippen LogP contribution >= 0.6 is 0 Å². The van der Waals surface area contributed by atoms with E-state index in [-0.39, 0.29) is 11.7 Å². The van der Waals surface area contributed by atoms with Crippen molar-refractivity contribution >= 4 is 5.97 Å². The van der Waals surface area contributed by atoms with Crippen molar-refractivity contribution in [2.45, 2.75) is 26.9 Å². The first-order chi connectivity index (χ1) is 8.04. The molecule has 1 N–H and O–H groups in total. The van der Waals surface area contributed by atoms with Crippen molar-refractivity contribution in [2.75, 3.05) is 13.2 Å². The smallest absolute Gasteiger partial charge is 0.339 e. The van der Waals surface area contributed by atoms with E-state index in [1.54, 1.807) is 18.2 Å². The van der Waals surface area contributed by atoms with E-state index in [1.807, 2.05) is 20.8 Å². The lowest BCUT2D eigenvalue weighted by Gasteiger charge is -2.16. The number of aromatic carboxylic acids is 1. The third-order valence-electron chi connectivity index (χ3n) is 2.25. The van der Waals surface area contributed by atoms with Crippen molar-refractivity contribution < 1.29 is 19.4 Å². The predicted molar refractivity (Wildman–Crippen MR) is 64.7 cm³/mol. The Labute approximate surface area is 101 Å². The number of carbonyl (C=O) groups is 1. The van der Waals surface area contributed by atoms with Gasteiger partial charge in [0, 0.05) is 6.61 Å². The van der Waals surface area contributed by atoms with E-state index >= 15 is 0 Å². The summed E-state index contributed by atoms with van der Waals surface area (Å²) in [6.45, 7) is 6.72. The zero-order valence-electron chi connectivity index (χ0n) is 10.4. The van der Waals surface area contributed by atoms with Crippen molar-refractivity contribution in [2.24, 2.45) is 0 Å². The molecule has 0 saturated carbocycles. The van der Waals surface area contributed by atoms with Crippen LogP contribution in [0.15, 0.2) is 18.2 Å². The maximum Gasteiger partial charge on any atom is 0.339 e. The second kappa shape index (κ2) is 6.25. The molecule has 0 radical (unpaired) electrons. The Morgan fingerprint density at radius 1 is 1.47 bits per heavy atom. The monoisotopic (exact) mass is 238 g/mol. The van der Waals surface area contributed by atoms with E-state index in [1.165, 1.54) is 0 Å². The lowest BCUT2D eigenvalue weighted by molar-refractivity contribution is 0.0607. The van der Waals surface area contributed by atoms with Crippen LogP contribution in [0, 0.1) is 6.92 Å². The molecule has 0 amide bonds. The number of benzene rings is 1. The van der Waals surface area contributed by atoms with Crippen LogP contribution in [0.1, 0.15) is 29.8 Å². The van der Waals surface area contributed by atoms with Crippen molar-refractivity contribution in [1.82, 2.24) is 0 Å². The van der Waals surface area contributed by atoms with Crippen LogP contribution in [0.4, 0.5) is 0 Å². The molecule has 1 rings (SSSR count). The minimum absolute atomic E-state index is 0.171. The molecule has 0 aliphatic rings. The Morgan fingerprint density at radius 2 is 2.18 bits per heavy atom. The average molecular weight is 238 g/mol. The summed E-state index contributed by atoms with van der Waals surface area (Å²) in [5.74, 6) is -0.590. The molecule has 0 aliphatic heterocycles. The second-order valence-corrected chi connectivity index (χ2v) is 3.89. The molecule has 1 atom stereocenters. The minimum Gasteiger partial charge on any atom is -0.487 e. The fourth-order valence-corrected chi connectivity index (χ4v) is 1.44. The van der Waals surface area contributed by atoms with Crippen molar-refractivity contribution in [3.63, 3.8) is 0 Å². The summed E-state index contributed by atoms with van der Waals surface area (Å²) in [6.07, 6.45) is -0.171. The predicted octanol–water partition coefficient (Wildman–Crippen LogP) is 2.50. The van der Waals surface area contributed by atoms with E-state index in [2.05, 4.69) is 0 Å². The molecule has 0 aromatic heterocycles. The highest BCUT2D eigenvalue weighted by Crippen LogP contribution is 2.21. The van der Waals surface area contributed by atoms with Gasteiger partial charge in [0.15, 0.2) is 0 Å². The van der Waals surface area contributed by atoms with Gasteiger partial charge in [-0.15, -0.1) is 0 Å². The minimum atomic E-state index is -0.983. The summed E-state index contributed by atoms with van der Waals surface area (Å²) >= 11 is 0. The van der Waals surface area contributed by atoms with Crippen LogP contribution in [0.2, 0.25) is 0 Å². The van der Waals surface area contributed by atoms with Gasteiger partial charge in [0.25, 0.3) is 0 Å². The molecule has 0 heterocycles. The van der Waals surface area contributed by atoms with E-state index < -0.39 is 5.97 Å². The molecule has 1 aromatic carbocycles. The largest absolute Gasteiger partial charge is 0.487 e. The van der Waals surface area contributed by atoms with E-state index in [4.69, 9.17) is 14.6 Å². The topological polar surface area (TPSA) is 55.8 Å². The number of carboxylic acids is 1. The quantitative estimate of drug-likeness (QED) is 0.827. The second-order valence-electron chi connectivity index (χ2n) is 3.89. The maximum absolute atomic E-state index is 11.0. The molecule has 0 bridgehead atoms. The lowest BCUT2D eigenvalue weighted by Crippen LogP contribution is -2.20. The molecular weight excluding hydrogens is 220 g/mol. The summed E-state index contributed by atoms with van der Waals surface area (Å²) in [5.41, 5.74) is 1.15. The SMILES string of the molecule is CCOCC(C)Oc1cc(C)ccc1C(=O)O. The number of hydrogen-bond donors (Lipinski definition) is 1. The fourth-order valence-electron chi connectivity index (χ4n) is 1.44. The van der Waals surface area contributed by atoms with Crippen LogP contribution in [0.3, 0.4) is 0 Å². The molecule has 0 saturated heterocycles. The van der Waals surface area contributed by atoms with Gasteiger partial charge in [0.05, 0.1) is 6.61 Å². The zero-order chi connectivity index (χ0) is 12.8. The molecule has 94 valence electrons. The molecule has 1 aromatic rings. The normalized spacial score (nSPS) is 12.2. The highest BCUT2D eigenvalue weighted by atomic mass is 16.5. The molecule has 0 spiro atoms. The van der Waals surface area contributed by atoms with Gasteiger partial charge in [-0.25, -0.2) is 4.79 Å². The highest BCUT2D eigenvalue weighted by molar-refractivity contribution is 5.90. The number of aryl methyl sites for hydroxylation is 1. The molecular formula is C13H18O4. The van der Waals surface area contributed by atoms with Crippen molar-refractivity contribution in [3.8, 4) is 5.75 Å². The van der Waals surface area contributed by atoms with Gasteiger partial charge < -0.3 is 14.6 Å². The van der Waals surface area contributed by atoms with Crippen molar-refractivity contribution in [1.29, 1.82) is 0 Å². The van der Waals surface area contributed by atoms with Crippen LogP contribution < -0.4 is 4.74 Å². The fraction of sp³-hybridized carbons (Fsp3) is 0.462. The Balaban J connectivity index is 2.81. The van der Waals surface area contributed by atoms with Gasteiger partial charge >= 0.3 is 5.97 Å². The summed E-state index contributed by atoms with van der Waals surface area (Å²) in [4.78, 5) is 11.0. The number of hydrogen-bond acceptors (Lipinski definition) is 3. The van der Waals surface area contributed by atoms with Crippen molar-refractivity contribution in [3.05, 3.63) is 29.3 Å². The van der Waals surface area contributed by atoms with E-state index in [0.29, 0.717) is 19.0 Å². The molecule has 0 fully saturated rings. The molecule has 4 nitrogen and oxygen atoms in total. The molecule has 4 heteroatoms. The van der Waals surface area contributed by atoms with Crippen LogP contribution in [0.5, 0.6) is 5.75 Å². The van der Waals surface area contributed by atoms with Gasteiger partial charge in [0.1, 0.15) is 17.4 Å². The Bertz CT molecular complexity index is 387. The third-order valence-corrected chi connectivity index (χ3v) is 2.25. The first-order valence-corrected chi connectivity index (χ1v) is 5.63. The lowest BCUT2D eigenvalue weighted by atomic mass is 10.1. The van der Waals surface area contributed by atoms with Gasteiger partial charge in [0.2, 0.25) is 0 Å². The zero-order valence-corrected chi connectivity index (χ0v) is 10.4. The molecule has 1 unspecified atom stereocenters. The summed E-state index contributed by atoms with van der Waals surface area (Å²) in [7, 11) is 0. The first-order valence-electron chi connectivity index (χ1n) is 5.63. The van der Waals surface area contributed by atoms with Gasteiger partial charge in [-0.05, 0) is 38.5 Å². The highest BCUT2D eigenvalue weighted by Gasteiger charge is 2.13. The summed E-state index contributed by atoms with van der Waals surface area (Å²) in [5, 5.41) is 9.03. The molecule has 17 heavy (non-hydrogen) atoms. The Hall–Kier alpha value is -1.55. The first kappa shape index (κ1) is 13.5. The molecule has 0 aliphatic carbocycles. The summed E-state index contributed by atoms with van der Waals surface area (Å²) < 4.78 is 10.8. The van der Waals surface area contributed by atoms with E-state index in [9.17, 15) is 4.79 Å². The van der Waals surface area contributed by atoms with Crippen LogP contribution in [0.25, 0.3) is 0 Å². The Morgan fingerprint density at radius 3 is 2.76 bits per heavy atom. The maximum atomic E-state index is 11.0.